The van der Waals surface area contributed by atoms with Crippen LogP contribution in [-0.4, -0.2) is 0 Å². The van der Waals surface area contributed by atoms with Crippen molar-refractivity contribution in [2.45, 2.75) is 0 Å². The lowest BCUT2D eigenvalue weighted by molar-refractivity contribution is 1.84. The molecule has 0 saturated carbocycles. The molecule has 0 aliphatic carbocycles. The highest BCUT2D eigenvalue weighted by molar-refractivity contribution is 9.11. The van der Waals surface area contributed by atoms with Gasteiger partial charge in [-0.3, -0.25) is 0 Å². The molecular formula is C12H5Br3S3. The zero-order chi connectivity index (χ0) is 12.7. The van der Waals surface area contributed by atoms with Gasteiger partial charge in [0.05, 0.1) is 16.2 Å². The Morgan fingerprint density at radius 2 is 1.28 bits per heavy atom. The van der Waals surface area contributed by atoms with Crippen LogP contribution in [0.5, 0.6) is 0 Å². The number of halogens is 3. The highest BCUT2D eigenvalue weighted by Gasteiger charge is 2.15. The third-order valence-corrected chi connectivity index (χ3v) is 7.44. The molecule has 3 aromatic rings. The van der Waals surface area contributed by atoms with Gasteiger partial charge in [-0.25, -0.2) is 0 Å². The van der Waals surface area contributed by atoms with Crippen molar-refractivity contribution in [3.63, 3.8) is 0 Å². The Morgan fingerprint density at radius 3 is 1.83 bits per heavy atom. The molecule has 3 rings (SSSR count). The fourth-order valence-corrected chi connectivity index (χ4v) is 6.22. The lowest BCUT2D eigenvalue weighted by atomic mass is 10.2. The Hall–Kier alpha value is 0.540. The molecule has 0 aliphatic heterocycles. The monoisotopic (exact) mass is 482 g/mol. The van der Waals surface area contributed by atoms with Gasteiger partial charge in [0.1, 0.15) is 0 Å². The zero-order valence-electron chi connectivity index (χ0n) is 8.75. The Bertz CT molecular complexity index is 635. The standard InChI is InChI=1S/C12H5Br3S3/c13-9-3-1-7(16-9)6-5-11(15)18-12(6)8-2-4-10(14)17-8/h1-5H. The van der Waals surface area contributed by atoms with Crippen LogP contribution in [0.25, 0.3) is 20.2 Å². The molecule has 0 saturated heterocycles. The highest BCUT2D eigenvalue weighted by Crippen LogP contribution is 2.46. The molecule has 3 aromatic heterocycles. The summed E-state index contributed by atoms with van der Waals surface area (Å²) >= 11 is 16.0. The molecule has 0 aliphatic rings. The first kappa shape index (κ1) is 13.5. The van der Waals surface area contributed by atoms with Crippen molar-refractivity contribution < 1.29 is 0 Å². The molecule has 0 unspecified atom stereocenters. The van der Waals surface area contributed by atoms with Crippen molar-refractivity contribution in [2.75, 3.05) is 0 Å². The molecule has 0 radical (unpaired) electrons. The predicted molar refractivity (Wildman–Crippen MR) is 94.0 cm³/mol. The van der Waals surface area contributed by atoms with E-state index in [1.807, 2.05) is 0 Å². The van der Waals surface area contributed by atoms with Crippen molar-refractivity contribution in [1.82, 2.24) is 0 Å². The van der Waals surface area contributed by atoms with Crippen LogP contribution in [0.3, 0.4) is 0 Å². The van der Waals surface area contributed by atoms with E-state index in [1.54, 1.807) is 34.0 Å². The number of hydrogen-bond acceptors (Lipinski definition) is 3. The van der Waals surface area contributed by atoms with E-state index in [0.29, 0.717) is 0 Å². The zero-order valence-corrected chi connectivity index (χ0v) is 16.0. The lowest BCUT2D eigenvalue weighted by Crippen LogP contribution is -1.69. The second-order valence-electron chi connectivity index (χ2n) is 3.50. The van der Waals surface area contributed by atoms with Crippen LogP contribution < -0.4 is 0 Å². The molecule has 0 bridgehead atoms. The second-order valence-corrected chi connectivity index (χ2v) is 10.9. The summed E-state index contributed by atoms with van der Waals surface area (Å²) in [6.07, 6.45) is 0. The van der Waals surface area contributed by atoms with Gasteiger partial charge in [0.25, 0.3) is 0 Å². The molecule has 0 N–H and O–H groups in total. The Kier molecular flexibility index (Phi) is 4.13. The molecule has 6 heteroatoms. The van der Waals surface area contributed by atoms with Crippen molar-refractivity contribution in [3.05, 3.63) is 41.7 Å². The fourth-order valence-electron chi connectivity index (χ4n) is 1.62. The second kappa shape index (κ2) is 5.50. The van der Waals surface area contributed by atoms with E-state index in [1.165, 1.54) is 27.8 Å². The fraction of sp³-hybridized carbons (Fsp3) is 0. The summed E-state index contributed by atoms with van der Waals surface area (Å²) < 4.78 is 3.50. The van der Waals surface area contributed by atoms with Crippen molar-refractivity contribution in [3.8, 4) is 20.2 Å². The van der Waals surface area contributed by atoms with Crippen LogP contribution in [0.15, 0.2) is 41.7 Å². The van der Waals surface area contributed by atoms with Gasteiger partial charge in [0, 0.05) is 15.3 Å². The first-order valence-corrected chi connectivity index (χ1v) is 9.77. The Labute approximate surface area is 142 Å². The molecule has 0 nitrogen and oxygen atoms in total. The molecule has 0 spiro atoms. The summed E-state index contributed by atoms with van der Waals surface area (Å²) in [5, 5.41) is 0. The van der Waals surface area contributed by atoms with Crippen LogP contribution in [0, 0.1) is 0 Å². The SMILES string of the molecule is Brc1ccc(-c2cc(Br)sc2-c2ccc(Br)s2)s1. The van der Waals surface area contributed by atoms with E-state index in [9.17, 15) is 0 Å². The minimum absolute atomic E-state index is 1.16. The first-order chi connectivity index (χ1) is 8.63. The lowest BCUT2D eigenvalue weighted by Gasteiger charge is -1.97. The highest BCUT2D eigenvalue weighted by atomic mass is 79.9. The van der Waals surface area contributed by atoms with Gasteiger partial charge < -0.3 is 0 Å². The minimum Gasteiger partial charge on any atom is -0.128 e. The maximum Gasteiger partial charge on any atom is 0.0712 e. The molecule has 3 heterocycles. The van der Waals surface area contributed by atoms with Gasteiger partial charge in [-0.1, -0.05) is 0 Å². The molecule has 0 fully saturated rings. The summed E-state index contributed by atoms with van der Waals surface area (Å²) in [6.45, 7) is 0. The van der Waals surface area contributed by atoms with Gasteiger partial charge in [0.2, 0.25) is 0 Å². The van der Waals surface area contributed by atoms with E-state index in [2.05, 4.69) is 78.1 Å². The molecular weight excluding hydrogens is 480 g/mol. The minimum atomic E-state index is 1.16. The van der Waals surface area contributed by atoms with E-state index < -0.39 is 0 Å². The topological polar surface area (TPSA) is 0 Å². The maximum absolute atomic E-state index is 3.60. The number of hydrogen-bond donors (Lipinski definition) is 0. The average Bonchev–Trinajstić information content (AvgIpc) is 2.98. The third kappa shape index (κ3) is 2.69. The Morgan fingerprint density at radius 1 is 0.667 bits per heavy atom. The quantitative estimate of drug-likeness (QED) is 0.353. The summed E-state index contributed by atoms with van der Waals surface area (Å²) in [7, 11) is 0. The van der Waals surface area contributed by atoms with Gasteiger partial charge in [-0.05, 0) is 78.1 Å². The summed E-state index contributed by atoms with van der Waals surface area (Å²) in [5.41, 5.74) is 1.30. The molecule has 0 amide bonds. The van der Waals surface area contributed by atoms with Crippen LogP contribution in [-0.2, 0) is 0 Å². The van der Waals surface area contributed by atoms with Crippen LogP contribution in [0.1, 0.15) is 0 Å². The maximum atomic E-state index is 3.60. The smallest absolute Gasteiger partial charge is 0.0712 e. The van der Waals surface area contributed by atoms with Crippen molar-refractivity contribution in [1.29, 1.82) is 0 Å². The van der Waals surface area contributed by atoms with E-state index in [0.717, 1.165) is 3.79 Å². The molecule has 92 valence electrons. The van der Waals surface area contributed by atoms with E-state index >= 15 is 0 Å². The summed E-state index contributed by atoms with van der Waals surface area (Å²) in [4.78, 5) is 3.92. The van der Waals surface area contributed by atoms with Crippen molar-refractivity contribution >= 4 is 81.8 Å². The van der Waals surface area contributed by atoms with Gasteiger partial charge in [-0.2, -0.15) is 0 Å². The summed E-state index contributed by atoms with van der Waals surface area (Å²) in [6, 6.07) is 10.7. The van der Waals surface area contributed by atoms with Gasteiger partial charge in [0.15, 0.2) is 0 Å². The van der Waals surface area contributed by atoms with E-state index in [4.69, 9.17) is 0 Å². The molecule has 18 heavy (non-hydrogen) atoms. The average molecular weight is 485 g/mol. The van der Waals surface area contributed by atoms with Crippen LogP contribution in [0.2, 0.25) is 0 Å². The normalized spacial score (nSPS) is 11.1. The van der Waals surface area contributed by atoms with E-state index in [-0.39, 0.29) is 0 Å². The summed E-state index contributed by atoms with van der Waals surface area (Å²) in [5.74, 6) is 0. The third-order valence-electron chi connectivity index (χ3n) is 2.34. The molecule has 0 atom stereocenters. The number of thiophene rings is 3. The Balaban J connectivity index is 2.16. The van der Waals surface area contributed by atoms with Crippen molar-refractivity contribution in [2.24, 2.45) is 0 Å². The van der Waals surface area contributed by atoms with Crippen LogP contribution >= 0.6 is 81.8 Å². The van der Waals surface area contributed by atoms with Gasteiger partial charge in [-0.15, -0.1) is 34.0 Å². The predicted octanol–water partition coefficient (Wildman–Crippen LogP) is 7.49. The van der Waals surface area contributed by atoms with Gasteiger partial charge >= 0.3 is 0 Å². The van der Waals surface area contributed by atoms with Crippen LogP contribution in [0.4, 0.5) is 0 Å². The molecule has 0 aromatic carbocycles. The number of rotatable bonds is 2. The first-order valence-electron chi connectivity index (χ1n) is 4.94. The largest absolute Gasteiger partial charge is 0.128 e.